The number of hydrogen-bond acceptors (Lipinski definition) is 3. The molecule has 0 bridgehead atoms. The predicted molar refractivity (Wildman–Crippen MR) is 90.5 cm³/mol. The van der Waals surface area contributed by atoms with E-state index in [4.69, 9.17) is 5.11 Å². The molecular formula is C18H25N3O2. The zero-order valence-corrected chi connectivity index (χ0v) is 13.8. The van der Waals surface area contributed by atoms with Crippen molar-refractivity contribution in [3.05, 3.63) is 48.3 Å². The van der Waals surface area contributed by atoms with Gasteiger partial charge in [0.1, 0.15) is 0 Å². The molecular weight excluding hydrogens is 290 g/mol. The van der Waals surface area contributed by atoms with Gasteiger partial charge in [-0.3, -0.25) is 4.79 Å². The summed E-state index contributed by atoms with van der Waals surface area (Å²) in [5, 5.41) is 16.3. The fraction of sp³-hybridized carbons (Fsp3) is 0.444. The third-order valence-electron chi connectivity index (χ3n) is 3.76. The minimum absolute atomic E-state index is 0.126. The van der Waals surface area contributed by atoms with Gasteiger partial charge in [-0.15, -0.1) is 0 Å². The van der Waals surface area contributed by atoms with E-state index in [1.54, 1.807) is 17.1 Å². The molecule has 0 aliphatic rings. The molecule has 1 aromatic carbocycles. The fourth-order valence-electron chi connectivity index (χ4n) is 2.65. The molecule has 23 heavy (non-hydrogen) atoms. The molecule has 2 N–H and O–H groups in total. The van der Waals surface area contributed by atoms with Gasteiger partial charge in [0.05, 0.1) is 17.4 Å². The molecule has 1 amide bonds. The van der Waals surface area contributed by atoms with Crippen molar-refractivity contribution in [1.29, 1.82) is 0 Å². The quantitative estimate of drug-likeness (QED) is 0.787. The highest BCUT2D eigenvalue weighted by Gasteiger charge is 2.14. The highest BCUT2D eigenvalue weighted by atomic mass is 16.3. The Bertz CT molecular complexity index is 608. The average Bonchev–Trinajstić information content (AvgIpc) is 3.03. The van der Waals surface area contributed by atoms with Gasteiger partial charge in [-0.2, -0.15) is 5.10 Å². The Kier molecular flexibility index (Phi) is 6.35. The second-order valence-electron chi connectivity index (χ2n) is 6.23. The second kappa shape index (κ2) is 8.48. The number of benzene rings is 1. The third-order valence-corrected chi connectivity index (χ3v) is 3.76. The highest BCUT2D eigenvalue weighted by Crippen LogP contribution is 2.14. The van der Waals surface area contributed by atoms with Crippen LogP contribution in [0, 0.1) is 11.8 Å². The van der Waals surface area contributed by atoms with Crippen molar-refractivity contribution >= 4 is 5.91 Å². The number of aromatic nitrogens is 2. The van der Waals surface area contributed by atoms with Crippen LogP contribution >= 0.6 is 0 Å². The van der Waals surface area contributed by atoms with Crippen LogP contribution in [0.15, 0.2) is 42.7 Å². The van der Waals surface area contributed by atoms with E-state index in [0.717, 1.165) is 12.1 Å². The first kappa shape index (κ1) is 17.2. The van der Waals surface area contributed by atoms with Gasteiger partial charge in [0, 0.05) is 19.3 Å². The number of hydrogen-bond donors (Lipinski definition) is 2. The van der Waals surface area contributed by atoms with Crippen molar-refractivity contribution < 1.29 is 9.90 Å². The van der Waals surface area contributed by atoms with Crippen molar-refractivity contribution in [3.8, 4) is 5.69 Å². The van der Waals surface area contributed by atoms with E-state index in [2.05, 4.69) is 24.3 Å². The van der Waals surface area contributed by atoms with E-state index in [9.17, 15) is 4.79 Å². The summed E-state index contributed by atoms with van der Waals surface area (Å²) < 4.78 is 1.69. The topological polar surface area (TPSA) is 67.2 Å². The monoisotopic (exact) mass is 315 g/mol. The maximum absolute atomic E-state index is 12.3. The fourth-order valence-corrected chi connectivity index (χ4v) is 2.65. The van der Waals surface area contributed by atoms with Gasteiger partial charge in [-0.25, -0.2) is 4.68 Å². The summed E-state index contributed by atoms with van der Waals surface area (Å²) >= 11 is 0. The minimum Gasteiger partial charge on any atom is -0.396 e. The summed E-state index contributed by atoms with van der Waals surface area (Å²) in [6.07, 6.45) is 5.01. The number of para-hydroxylation sites is 1. The summed E-state index contributed by atoms with van der Waals surface area (Å²) in [4.78, 5) is 12.3. The number of amides is 1. The molecule has 1 atom stereocenters. The van der Waals surface area contributed by atoms with Crippen LogP contribution in [0.25, 0.3) is 5.69 Å². The molecule has 0 aliphatic carbocycles. The summed E-state index contributed by atoms with van der Waals surface area (Å²) in [5.41, 5.74) is 1.46. The number of aliphatic hydroxyl groups is 1. The molecule has 0 radical (unpaired) electrons. The Morgan fingerprint density at radius 1 is 1.30 bits per heavy atom. The van der Waals surface area contributed by atoms with Gasteiger partial charge in [-0.05, 0) is 36.8 Å². The maximum Gasteiger partial charge on any atom is 0.254 e. The summed E-state index contributed by atoms with van der Waals surface area (Å²) in [6, 6.07) is 9.68. The van der Waals surface area contributed by atoms with E-state index in [-0.39, 0.29) is 12.5 Å². The van der Waals surface area contributed by atoms with E-state index in [0.29, 0.717) is 30.4 Å². The Morgan fingerprint density at radius 3 is 2.70 bits per heavy atom. The molecule has 0 saturated heterocycles. The molecule has 1 heterocycles. The Labute approximate surface area is 137 Å². The first-order valence-electron chi connectivity index (χ1n) is 8.09. The lowest BCUT2D eigenvalue weighted by Gasteiger charge is -2.18. The molecule has 1 unspecified atom stereocenters. The molecule has 0 spiro atoms. The van der Waals surface area contributed by atoms with Crippen LogP contribution in [0.4, 0.5) is 0 Å². The molecule has 2 rings (SSSR count). The second-order valence-corrected chi connectivity index (χ2v) is 6.23. The lowest BCUT2D eigenvalue weighted by molar-refractivity contribution is 0.0941. The number of carbonyl (C=O) groups excluding carboxylic acids is 1. The highest BCUT2D eigenvalue weighted by molar-refractivity contribution is 5.93. The average molecular weight is 315 g/mol. The van der Waals surface area contributed by atoms with Crippen LogP contribution in [0.1, 0.15) is 37.0 Å². The molecule has 0 fully saturated rings. The molecule has 0 saturated carbocycles. The van der Waals surface area contributed by atoms with Crippen molar-refractivity contribution in [2.45, 2.75) is 26.7 Å². The number of aliphatic hydroxyl groups excluding tert-OH is 1. The van der Waals surface area contributed by atoms with Gasteiger partial charge in [0.2, 0.25) is 0 Å². The van der Waals surface area contributed by atoms with Crippen molar-refractivity contribution in [3.63, 3.8) is 0 Å². The number of rotatable bonds is 8. The number of nitrogens with zero attached hydrogens (tertiary/aromatic N) is 2. The van der Waals surface area contributed by atoms with E-state index in [1.165, 1.54) is 0 Å². The van der Waals surface area contributed by atoms with E-state index in [1.807, 2.05) is 30.3 Å². The normalized spacial score (nSPS) is 12.3. The smallest absolute Gasteiger partial charge is 0.254 e. The first-order chi connectivity index (χ1) is 11.1. The van der Waals surface area contributed by atoms with Crippen LogP contribution in [-0.4, -0.2) is 33.9 Å². The number of nitrogens with one attached hydrogen (secondary N) is 1. The van der Waals surface area contributed by atoms with Crippen LogP contribution in [0.2, 0.25) is 0 Å². The molecule has 5 nitrogen and oxygen atoms in total. The summed E-state index contributed by atoms with van der Waals surface area (Å²) in [7, 11) is 0. The molecule has 1 aromatic heterocycles. The molecule has 0 aliphatic heterocycles. The Morgan fingerprint density at radius 2 is 2.04 bits per heavy atom. The summed E-state index contributed by atoms with van der Waals surface area (Å²) in [5.74, 6) is 0.719. The zero-order valence-electron chi connectivity index (χ0n) is 13.8. The van der Waals surface area contributed by atoms with Gasteiger partial charge >= 0.3 is 0 Å². The van der Waals surface area contributed by atoms with E-state index >= 15 is 0 Å². The predicted octanol–water partition coefficient (Wildman–Crippen LogP) is 2.65. The molecule has 5 heteroatoms. The van der Waals surface area contributed by atoms with Crippen LogP contribution in [-0.2, 0) is 0 Å². The van der Waals surface area contributed by atoms with Crippen LogP contribution in [0.3, 0.4) is 0 Å². The van der Waals surface area contributed by atoms with E-state index < -0.39 is 0 Å². The van der Waals surface area contributed by atoms with Gasteiger partial charge in [0.15, 0.2) is 0 Å². The minimum atomic E-state index is -0.126. The SMILES string of the molecule is CC(C)CC(CCO)CNC(=O)c1cnn(-c2ccccc2)c1. The Hall–Kier alpha value is -2.14. The van der Waals surface area contributed by atoms with Gasteiger partial charge in [0.25, 0.3) is 5.91 Å². The number of carbonyl (C=O) groups is 1. The Balaban J connectivity index is 1.94. The lowest BCUT2D eigenvalue weighted by atomic mass is 9.94. The first-order valence-corrected chi connectivity index (χ1v) is 8.09. The van der Waals surface area contributed by atoms with Gasteiger partial charge in [-0.1, -0.05) is 32.0 Å². The molecule has 124 valence electrons. The summed E-state index contributed by atoms with van der Waals surface area (Å²) in [6.45, 7) is 5.03. The standard InChI is InChI=1S/C18H25N3O2/c1-14(2)10-15(8-9-22)11-19-18(23)16-12-20-21(13-16)17-6-4-3-5-7-17/h3-7,12-15,22H,8-11H2,1-2H3,(H,19,23). The lowest BCUT2D eigenvalue weighted by Crippen LogP contribution is -2.30. The third kappa shape index (κ3) is 5.21. The van der Waals surface area contributed by atoms with Crippen molar-refractivity contribution in [2.24, 2.45) is 11.8 Å². The van der Waals surface area contributed by atoms with Crippen LogP contribution < -0.4 is 5.32 Å². The van der Waals surface area contributed by atoms with Crippen LogP contribution in [0.5, 0.6) is 0 Å². The maximum atomic E-state index is 12.3. The van der Waals surface area contributed by atoms with Crippen molar-refractivity contribution in [1.82, 2.24) is 15.1 Å². The zero-order chi connectivity index (χ0) is 16.7. The van der Waals surface area contributed by atoms with Gasteiger partial charge < -0.3 is 10.4 Å². The largest absolute Gasteiger partial charge is 0.396 e. The molecule has 2 aromatic rings. The van der Waals surface area contributed by atoms with Crippen molar-refractivity contribution in [2.75, 3.05) is 13.2 Å².